The summed E-state index contributed by atoms with van der Waals surface area (Å²) in [5.74, 6) is -3.40. The Bertz CT molecular complexity index is 616. The van der Waals surface area contributed by atoms with Gasteiger partial charge in [-0.2, -0.15) is 39.0 Å². The van der Waals surface area contributed by atoms with Gasteiger partial charge in [0, 0.05) is 11.3 Å². The number of hydrogen-bond donors (Lipinski definition) is 3. The van der Waals surface area contributed by atoms with Crippen LogP contribution in [0.2, 0.25) is 0 Å². The molecule has 1 atom stereocenters. The van der Waals surface area contributed by atoms with Crippen LogP contribution in [0.4, 0.5) is 26.3 Å². The summed E-state index contributed by atoms with van der Waals surface area (Å²) in [4.78, 5) is 12.0. The van der Waals surface area contributed by atoms with Crippen molar-refractivity contribution in [3.63, 3.8) is 0 Å². The lowest BCUT2D eigenvalue weighted by molar-refractivity contribution is -0.295. The highest BCUT2D eigenvalue weighted by Gasteiger charge is 2.71. The molecule has 2 N–H and O–H groups in total. The SMILES string of the molecule is Cc1ccc(C(=O)NC(CS)(C(F)(F)F)C(F)(F)F)cc1OC(C)O. The maximum Gasteiger partial charge on any atom is 0.421 e. The van der Waals surface area contributed by atoms with Crippen LogP contribution in [0.15, 0.2) is 18.2 Å². The third kappa shape index (κ3) is 4.51. The standard InChI is InChI=1S/C14H15F6NO3S/c1-7-3-4-9(5-10(7)24-8(2)22)11(23)21-12(6-25,13(15,16)17)14(18,19)20/h3-5,8,22,25H,6H2,1-2H3,(H,21,23). The molecule has 1 amide bonds. The molecule has 1 aromatic carbocycles. The van der Waals surface area contributed by atoms with Gasteiger partial charge in [0.2, 0.25) is 5.54 Å². The summed E-state index contributed by atoms with van der Waals surface area (Å²) in [6.07, 6.45) is -12.9. The molecule has 11 heteroatoms. The van der Waals surface area contributed by atoms with Crippen LogP contribution in [0.25, 0.3) is 0 Å². The summed E-state index contributed by atoms with van der Waals surface area (Å²) >= 11 is 3.14. The quantitative estimate of drug-likeness (QED) is 0.410. The second-order valence-electron chi connectivity index (χ2n) is 5.21. The van der Waals surface area contributed by atoms with Crippen LogP contribution in [-0.4, -0.2) is 40.9 Å². The van der Waals surface area contributed by atoms with Crippen molar-refractivity contribution in [2.24, 2.45) is 0 Å². The van der Waals surface area contributed by atoms with Crippen molar-refractivity contribution < 1.29 is 41.0 Å². The normalized spacial score (nSPS) is 14.2. The molecule has 0 heterocycles. The molecule has 0 fully saturated rings. The first kappa shape index (κ1) is 21.4. The number of halogens is 6. The molecule has 0 radical (unpaired) electrons. The molecule has 0 spiro atoms. The Morgan fingerprint density at radius 3 is 2.16 bits per heavy atom. The van der Waals surface area contributed by atoms with Crippen LogP contribution < -0.4 is 10.1 Å². The highest BCUT2D eigenvalue weighted by atomic mass is 32.1. The Hall–Kier alpha value is -1.62. The molecule has 4 nitrogen and oxygen atoms in total. The number of carbonyl (C=O) groups is 1. The zero-order chi connectivity index (χ0) is 19.6. The van der Waals surface area contributed by atoms with Gasteiger partial charge < -0.3 is 15.2 Å². The number of rotatable bonds is 5. The predicted molar refractivity (Wildman–Crippen MR) is 79.6 cm³/mol. The van der Waals surface area contributed by atoms with E-state index in [4.69, 9.17) is 9.84 Å². The van der Waals surface area contributed by atoms with Crippen LogP contribution >= 0.6 is 12.6 Å². The van der Waals surface area contributed by atoms with Crippen LogP contribution in [0.5, 0.6) is 5.75 Å². The van der Waals surface area contributed by atoms with Crippen LogP contribution in [0.1, 0.15) is 22.8 Å². The Kier molecular flexibility index (Phi) is 6.27. The minimum absolute atomic E-state index is 0.0573. The van der Waals surface area contributed by atoms with Gasteiger partial charge in [0.1, 0.15) is 5.75 Å². The minimum Gasteiger partial charge on any atom is -0.465 e. The maximum absolute atomic E-state index is 13.0. The van der Waals surface area contributed by atoms with Gasteiger partial charge in [0.15, 0.2) is 6.29 Å². The van der Waals surface area contributed by atoms with Gasteiger partial charge in [-0.25, -0.2) is 0 Å². The summed E-state index contributed by atoms with van der Waals surface area (Å²) < 4.78 is 83.1. The number of benzene rings is 1. The molecule has 25 heavy (non-hydrogen) atoms. The highest BCUT2D eigenvalue weighted by Crippen LogP contribution is 2.44. The van der Waals surface area contributed by atoms with Gasteiger partial charge in [-0.05, 0) is 31.5 Å². The molecule has 1 unspecified atom stereocenters. The Balaban J connectivity index is 3.26. The highest BCUT2D eigenvalue weighted by molar-refractivity contribution is 7.80. The van der Waals surface area contributed by atoms with Crippen LogP contribution in [0, 0.1) is 6.92 Å². The second-order valence-corrected chi connectivity index (χ2v) is 5.53. The van der Waals surface area contributed by atoms with E-state index in [1.807, 2.05) is 0 Å². The fourth-order valence-corrected chi connectivity index (χ4v) is 2.28. The number of aliphatic hydroxyl groups is 1. The predicted octanol–water partition coefficient (Wildman–Crippen LogP) is 3.24. The number of aryl methyl sites for hydroxylation is 1. The molecule has 0 aliphatic rings. The third-order valence-corrected chi connectivity index (χ3v) is 3.75. The first-order valence-corrected chi connectivity index (χ1v) is 7.40. The number of carbonyl (C=O) groups excluding carboxylic acids is 1. The van der Waals surface area contributed by atoms with E-state index >= 15 is 0 Å². The molecule has 142 valence electrons. The molecule has 0 bridgehead atoms. The van der Waals surface area contributed by atoms with E-state index in [0.29, 0.717) is 5.56 Å². The number of thiol groups is 1. The molecule has 0 saturated heterocycles. The molecule has 0 aromatic heterocycles. The molecule has 0 saturated carbocycles. The van der Waals surface area contributed by atoms with Crippen molar-refractivity contribution in [3.05, 3.63) is 29.3 Å². The van der Waals surface area contributed by atoms with Gasteiger partial charge in [-0.15, -0.1) is 0 Å². The average Bonchev–Trinajstić information content (AvgIpc) is 2.43. The summed E-state index contributed by atoms with van der Waals surface area (Å²) in [5, 5.41) is 10.2. The van der Waals surface area contributed by atoms with E-state index in [1.165, 1.54) is 19.9 Å². The number of amides is 1. The van der Waals surface area contributed by atoms with Crippen LogP contribution in [0.3, 0.4) is 0 Å². The number of nitrogens with one attached hydrogen (secondary N) is 1. The lowest BCUT2D eigenvalue weighted by atomic mass is 9.99. The third-order valence-electron chi connectivity index (χ3n) is 3.28. The lowest BCUT2D eigenvalue weighted by Crippen LogP contribution is -2.69. The first-order chi connectivity index (χ1) is 11.2. The Morgan fingerprint density at radius 1 is 1.24 bits per heavy atom. The molecular formula is C14H15F6NO3S. The number of alkyl halides is 6. The van der Waals surface area contributed by atoms with Gasteiger partial charge in [-0.3, -0.25) is 4.79 Å². The van der Waals surface area contributed by atoms with Crippen LogP contribution in [-0.2, 0) is 0 Å². The summed E-state index contributed by atoms with van der Waals surface area (Å²) in [6.45, 7) is 2.76. The van der Waals surface area contributed by atoms with Crippen molar-refractivity contribution in [3.8, 4) is 5.75 Å². The number of aliphatic hydroxyl groups excluding tert-OH is 1. The van der Waals surface area contributed by atoms with E-state index in [9.17, 15) is 31.1 Å². The smallest absolute Gasteiger partial charge is 0.421 e. The van der Waals surface area contributed by atoms with Gasteiger partial charge in [0.05, 0.1) is 0 Å². The zero-order valence-electron chi connectivity index (χ0n) is 13.0. The van der Waals surface area contributed by atoms with Gasteiger partial charge >= 0.3 is 12.4 Å². The Morgan fingerprint density at radius 2 is 1.76 bits per heavy atom. The van der Waals surface area contributed by atoms with E-state index in [2.05, 4.69) is 12.6 Å². The van der Waals surface area contributed by atoms with Crippen molar-refractivity contribution in [1.82, 2.24) is 5.32 Å². The van der Waals surface area contributed by atoms with E-state index in [0.717, 1.165) is 17.4 Å². The van der Waals surface area contributed by atoms with E-state index in [1.54, 1.807) is 0 Å². The summed E-state index contributed by atoms with van der Waals surface area (Å²) in [5.41, 5.74) is -4.58. The summed E-state index contributed by atoms with van der Waals surface area (Å²) in [6, 6.07) is 3.24. The first-order valence-electron chi connectivity index (χ1n) is 6.77. The van der Waals surface area contributed by atoms with Gasteiger partial charge in [0.25, 0.3) is 5.91 Å². The minimum atomic E-state index is -5.81. The van der Waals surface area contributed by atoms with E-state index < -0.39 is 41.4 Å². The maximum atomic E-state index is 13.0. The fourth-order valence-electron chi connectivity index (χ4n) is 1.84. The zero-order valence-corrected chi connectivity index (χ0v) is 13.9. The molecule has 0 aliphatic carbocycles. The van der Waals surface area contributed by atoms with E-state index in [-0.39, 0.29) is 5.75 Å². The molecule has 1 aromatic rings. The van der Waals surface area contributed by atoms with Crippen molar-refractivity contribution in [2.75, 3.05) is 5.75 Å². The second kappa shape index (κ2) is 7.32. The topological polar surface area (TPSA) is 58.6 Å². The fraction of sp³-hybridized carbons (Fsp3) is 0.500. The number of hydrogen-bond acceptors (Lipinski definition) is 4. The van der Waals surface area contributed by atoms with Gasteiger partial charge in [-0.1, -0.05) is 6.07 Å². The lowest BCUT2D eigenvalue weighted by Gasteiger charge is -2.36. The van der Waals surface area contributed by atoms with Crippen molar-refractivity contribution in [2.45, 2.75) is 38.0 Å². The molecular weight excluding hydrogens is 376 g/mol. The number of ether oxygens (including phenoxy) is 1. The molecule has 1 rings (SSSR count). The Labute approximate surface area is 144 Å². The average molecular weight is 391 g/mol. The monoisotopic (exact) mass is 391 g/mol. The van der Waals surface area contributed by atoms with Crippen molar-refractivity contribution in [1.29, 1.82) is 0 Å². The molecule has 0 aliphatic heterocycles. The summed E-state index contributed by atoms with van der Waals surface area (Å²) in [7, 11) is 0. The largest absolute Gasteiger partial charge is 0.465 e. The van der Waals surface area contributed by atoms with Crippen molar-refractivity contribution >= 4 is 18.5 Å².